The van der Waals surface area contributed by atoms with Crippen molar-refractivity contribution in [3.63, 3.8) is 0 Å². The van der Waals surface area contributed by atoms with Gasteiger partial charge in [0.25, 0.3) is 0 Å². The number of benzene rings is 1. The summed E-state index contributed by atoms with van der Waals surface area (Å²) in [5.74, 6) is 0.737. The van der Waals surface area contributed by atoms with Crippen LogP contribution in [0.25, 0.3) is 0 Å². The van der Waals surface area contributed by atoms with Crippen LogP contribution in [0.5, 0.6) is 5.75 Å². The quantitative estimate of drug-likeness (QED) is 0.801. The van der Waals surface area contributed by atoms with E-state index >= 15 is 0 Å². The van der Waals surface area contributed by atoms with E-state index in [0.29, 0.717) is 10.1 Å². The van der Waals surface area contributed by atoms with E-state index in [1.807, 2.05) is 6.92 Å². The molecule has 0 fully saturated rings. The lowest BCUT2D eigenvalue weighted by molar-refractivity contribution is 0.415. The van der Waals surface area contributed by atoms with Crippen molar-refractivity contribution in [2.75, 3.05) is 19.0 Å². The van der Waals surface area contributed by atoms with Crippen molar-refractivity contribution in [2.45, 2.75) is 6.92 Å². The number of hydrogen-bond donors (Lipinski definition) is 2. The molecular weight excluding hydrogens is 232 g/mol. The summed E-state index contributed by atoms with van der Waals surface area (Å²) in [5, 5.41) is 7.13. The van der Waals surface area contributed by atoms with Crippen LogP contribution in [-0.2, 0) is 0 Å². The second-order valence-electron chi connectivity index (χ2n) is 2.83. The molecule has 0 saturated carbocycles. The monoisotopic (exact) mass is 244 g/mol. The minimum Gasteiger partial charge on any atom is -0.497 e. The lowest BCUT2D eigenvalue weighted by atomic mass is 10.3. The molecule has 15 heavy (non-hydrogen) atoms. The normalized spacial score (nSPS) is 9.53. The van der Waals surface area contributed by atoms with Crippen molar-refractivity contribution in [1.82, 2.24) is 5.32 Å². The van der Waals surface area contributed by atoms with Crippen LogP contribution in [-0.4, -0.2) is 18.8 Å². The third-order valence-corrected chi connectivity index (χ3v) is 2.34. The molecule has 0 bridgehead atoms. The van der Waals surface area contributed by atoms with Gasteiger partial charge >= 0.3 is 0 Å². The van der Waals surface area contributed by atoms with Gasteiger partial charge in [0.15, 0.2) is 5.11 Å². The number of methoxy groups -OCH3 is 1. The van der Waals surface area contributed by atoms with Gasteiger partial charge in [0, 0.05) is 12.6 Å². The Labute approximate surface area is 99.8 Å². The number of thiocarbonyl (C=S) groups is 1. The van der Waals surface area contributed by atoms with Gasteiger partial charge in [0.2, 0.25) is 0 Å². The fourth-order valence-corrected chi connectivity index (χ4v) is 1.47. The molecule has 0 atom stereocenters. The Morgan fingerprint density at radius 2 is 2.27 bits per heavy atom. The molecule has 2 N–H and O–H groups in total. The van der Waals surface area contributed by atoms with Gasteiger partial charge in [-0.1, -0.05) is 11.6 Å². The molecular formula is C10H13ClN2OS. The first-order chi connectivity index (χ1) is 7.17. The third-order valence-electron chi connectivity index (χ3n) is 1.76. The van der Waals surface area contributed by atoms with Gasteiger partial charge in [0.1, 0.15) is 5.75 Å². The van der Waals surface area contributed by atoms with E-state index < -0.39 is 0 Å². The average molecular weight is 245 g/mol. The largest absolute Gasteiger partial charge is 0.497 e. The Bertz CT molecular complexity index is 357. The molecule has 0 spiro atoms. The summed E-state index contributed by atoms with van der Waals surface area (Å²) >= 11 is 11.0. The first-order valence-corrected chi connectivity index (χ1v) is 5.34. The van der Waals surface area contributed by atoms with Crippen molar-refractivity contribution in [2.24, 2.45) is 0 Å². The van der Waals surface area contributed by atoms with E-state index in [2.05, 4.69) is 10.6 Å². The molecule has 0 saturated heterocycles. The Hall–Kier alpha value is -1.00. The molecule has 0 aromatic heterocycles. The summed E-state index contributed by atoms with van der Waals surface area (Å²) in [6.45, 7) is 2.74. The van der Waals surface area contributed by atoms with Crippen molar-refractivity contribution in [1.29, 1.82) is 0 Å². The smallest absolute Gasteiger partial charge is 0.170 e. The van der Waals surface area contributed by atoms with E-state index in [-0.39, 0.29) is 0 Å². The maximum absolute atomic E-state index is 5.99. The predicted octanol–water partition coefficient (Wildman–Crippen LogP) is 2.65. The van der Waals surface area contributed by atoms with E-state index in [1.54, 1.807) is 25.3 Å². The number of hydrogen-bond acceptors (Lipinski definition) is 2. The molecule has 0 heterocycles. The lowest BCUT2D eigenvalue weighted by Gasteiger charge is -2.11. The van der Waals surface area contributed by atoms with Crippen molar-refractivity contribution >= 4 is 34.6 Å². The van der Waals surface area contributed by atoms with Crippen LogP contribution in [0, 0.1) is 0 Å². The van der Waals surface area contributed by atoms with E-state index in [4.69, 9.17) is 28.6 Å². The topological polar surface area (TPSA) is 33.3 Å². The second-order valence-corrected chi connectivity index (χ2v) is 3.65. The molecule has 1 aromatic rings. The Morgan fingerprint density at radius 3 is 2.87 bits per heavy atom. The van der Waals surface area contributed by atoms with Crippen LogP contribution < -0.4 is 15.4 Å². The SMILES string of the molecule is CCNC(=S)Nc1cc(OC)ccc1Cl. The molecule has 0 amide bonds. The molecule has 82 valence electrons. The van der Waals surface area contributed by atoms with Gasteiger partial charge in [-0.25, -0.2) is 0 Å². The predicted molar refractivity (Wildman–Crippen MR) is 67.9 cm³/mol. The van der Waals surface area contributed by atoms with Gasteiger partial charge in [-0.05, 0) is 31.3 Å². The van der Waals surface area contributed by atoms with E-state index in [0.717, 1.165) is 18.0 Å². The lowest BCUT2D eigenvalue weighted by Crippen LogP contribution is -2.27. The summed E-state index contributed by atoms with van der Waals surface area (Å²) in [6, 6.07) is 5.35. The van der Waals surface area contributed by atoms with Gasteiger partial charge < -0.3 is 15.4 Å². The van der Waals surface area contributed by atoms with Crippen molar-refractivity contribution in [3.05, 3.63) is 23.2 Å². The highest BCUT2D eigenvalue weighted by atomic mass is 35.5. The molecule has 0 radical (unpaired) electrons. The van der Waals surface area contributed by atoms with Crippen LogP contribution in [0.3, 0.4) is 0 Å². The summed E-state index contributed by atoms with van der Waals surface area (Å²) < 4.78 is 5.09. The molecule has 3 nitrogen and oxygen atoms in total. The van der Waals surface area contributed by atoms with Crippen molar-refractivity contribution in [3.8, 4) is 5.75 Å². The fraction of sp³-hybridized carbons (Fsp3) is 0.300. The van der Waals surface area contributed by atoms with Crippen LogP contribution in [0.4, 0.5) is 5.69 Å². The number of halogens is 1. The van der Waals surface area contributed by atoms with Gasteiger partial charge in [0.05, 0.1) is 17.8 Å². The Kier molecular flexibility index (Phi) is 4.65. The fourth-order valence-electron chi connectivity index (χ4n) is 1.05. The number of rotatable bonds is 3. The van der Waals surface area contributed by atoms with Crippen molar-refractivity contribution < 1.29 is 4.74 Å². The Balaban J connectivity index is 2.79. The molecule has 5 heteroatoms. The second kappa shape index (κ2) is 5.78. The first-order valence-electron chi connectivity index (χ1n) is 4.55. The average Bonchev–Trinajstić information content (AvgIpc) is 2.21. The minimum absolute atomic E-state index is 0.549. The van der Waals surface area contributed by atoms with E-state index in [9.17, 15) is 0 Å². The van der Waals surface area contributed by atoms with Crippen LogP contribution in [0.15, 0.2) is 18.2 Å². The standard InChI is InChI=1S/C10H13ClN2OS/c1-3-12-10(15)13-9-6-7(14-2)4-5-8(9)11/h4-6H,3H2,1-2H3,(H2,12,13,15). The molecule has 0 aliphatic heterocycles. The molecule has 0 aliphatic rings. The van der Waals surface area contributed by atoms with Crippen LogP contribution in [0.1, 0.15) is 6.92 Å². The highest BCUT2D eigenvalue weighted by Crippen LogP contribution is 2.26. The third kappa shape index (κ3) is 3.57. The van der Waals surface area contributed by atoms with Crippen LogP contribution >= 0.6 is 23.8 Å². The zero-order chi connectivity index (χ0) is 11.3. The summed E-state index contributed by atoms with van der Waals surface area (Å²) in [4.78, 5) is 0. The van der Waals surface area contributed by atoms with Gasteiger partial charge in [-0.2, -0.15) is 0 Å². The minimum atomic E-state index is 0.549. The molecule has 0 unspecified atom stereocenters. The zero-order valence-corrected chi connectivity index (χ0v) is 10.2. The highest BCUT2D eigenvalue weighted by molar-refractivity contribution is 7.80. The molecule has 1 aromatic carbocycles. The zero-order valence-electron chi connectivity index (χ0n) is 8.63. The summed E-state index contributed by atoms with van der Waals surface area (Å²) in [6.07, 6.45) is 0. The van der Waals surface area contributed by atoms with Gasteiger partial charge in [-0.15, -0.1) is 0 Å². The first kappa shape index (κ1) is 12.1. The van der Waals surface area contributed by atoms with Gasteiger partial charge in [-0.3, -0.25) is 0 Å². The maximum Gasteiger partial charge on any atom is 0.170 e. The molecule has 1 rings (SSSR count). The maximum atomic E-state index is 5.99. The number of ether oxygens (including phenoxy) is 1. The summed E-state index contributed by atoms with van der Waals surface area (Å²) in [7, 11) is 1.61. The van der Waals surface area contributed by atoms with E-state index in [1.165, 1.54) is 0 Å². The van der Waals surface area contributed by atoms with Crippen LogP contribution in [0.2, 0.25) is 5.02 Å². The Morgan fingerprint density at radius 1 is 1.53 bits per heavy atom. The molecule has 0 aliphatic carbocycles. The highest BCUT2D eigenvalue weighted by Gasteiger charge is 2.03. The summed E-state index contributed by atoms with van der Waals surface area (Å²) in [5.41, 5.74) is 0.738. The number of nitrogens with one attached hydrogen (secondary N) is 2. The number of anilines is 1.